The largest absolute Gasteiger partial charge is 0.496 e. The van der Waals surface area contributed by atoms with E-state index in [9.17, 15) is 0 Å². The fourth-order valence-electron chi connectivity index (χ4n) is 1.33. The molecule has 4 nitrogen and oxygen atoms in total. The highest BCUT2D eigenvalue weighted by Crippen LogP contribution is 2.21. The Labute approximate surface area is 94.7 Å². The number of hydrogen-bond acceptors (Lipinski definition) is 3. The van der Waals surface area contributed by atoms with Gasteiger partial charge >= 0.3 is 0 Å². The maximum atomic E-state index is 9.12. The zero-order valence-corrected chi connectivity index (χ0v) is 9.72. The molecule has 0 radical (unpaired) electrons. The molecular weight excluding hydrogens is 295 g/mol. The molecule has 0 saturated carbocycles. The van der Waals surface area contributed by atoms with Crippen LogP contribution in [0.25, 0.3) is 5.65 Å². The van der Waals surface area contributed by atoms with Crippen molar-refractivity contribution in [2.75, 3.05) is 7.11 Å². The maximum absolute atomic E-state index is 9.12. The lowest BCUT2D eigenvalue weighted by Gasteiger charge is -2.06. The number of aromatic nitrogens is 2. The average molecular weight is 304 g/mol. The summed E-state index contributed by atoms with van der Waals surface area (Å²) in [7, 11) is 1.58. The number of aliphatic hydroxyl groups excluding tert-OH is 1. The van der Waals surface area contributed by atoms with Crippen molar-refractivity contribution in [2.24, 2.45) is 0 Å². The van der Waals surface area contributed by atoms with E-state index in [4.69, 9.17) is 9.84 Å². The molecule has 2 heterocycles. The van der Waals surface area contributed by atoms with Crippen LogP contribution < -0.4 is 4.74 Å². The van der Waals surface area contributed by atoms with E-state index in [0.29, 0.717) is 5.75 Å². The molecule has 0 spiro atoms. The molecule has 0 aliphatic carbocycles. The summed E-state index contributed by atoms with van der Waals surface area (Å²) >= 11 is 2.19. The van der Waals surface area contributed by atoms with E-state index in [0.717, 1.165) is 14.9 Å². The van der Waals surface area contributed by atoms with Crippen LogP contribution in [0.15, 0.2) is 18.5 Å². The average Bonchev–Trinajstić information content (AvgIpc) is 2.58. The third-order valence-corrected chi connectivity index (χ3v) is 2.83. The number of methoxy groups -OCH3 is 1. The lowest BCUT2D eigenvalue weighted by Crippen LogP contribution is -1.96. The van der Waals surface area contributed by atoms with Gasteiger partial charge in [0.1, 0.15) is 15.1 Å². The summed E-state index contributed by atoms with van der Waals surface area (Å²) in [5, 5.41) is 9.12. The van der Waals surface area contributed by atoms with E-state index in [2.05, 4.69) is 27.6 Å². The Balaban J connectivity index is 2.71. The highest BCUT2D eigenvalue weighted by Gasteiger charge is 2.07. The Morgan fingerprint density at radius 1 is 1.64 bits per heavy atom. The van der Waals surface area contributed by atoms with Gasteiger partial charge in [-0.25, -0.2) is 4.98 Å². The molecular formula is C9H9IN2O2. The van der Waals surface area contributed by atoms with Gasteiger partial charge in [0.15, 0.2) is 0 Å². The first kappa shape index (κ1) is 9.72. The SMILES string of the molecule is COc1cc2ncc(I)n2cc1CO. The standard InChI is InChI=1S/C9H9IN2O2/c1-14-7-2-9-11-3-8(10)12(9)4-6(7)5-13/h2-4,13H,5H2,1H3. The molecule has 5 heteroatoms. The van der Waals surface area contributed by atoms with Gasteiger partial charge in [0.05, 0.1) is 19.9 Å². The second-order valence-corrected chi connectivity index (χ2v) is 3.94. The molecule has 1 N–H and O–H groups in total. The summed E-state index contributed by atoms with van der Waals surface area (Å²) in [5.41, 5.74) is 1.58. The highest BCUT2D eigenvalue weighted by atomic mass is 127. The van der Waals surface area contributed by atoms with E-state index in [1.165, 1.54) is 0 Å². The van der Waals surface area contributed by atoms with Crippen molar-refractivity contribution < 1.29 is 9.84 Å². The lowest BCUT2D eigenvalue weighted by atomic mass is 10.2. The second kappa shape index (κ2) is 3.74. The van der Waals surface area contributed by atoms with Gasteiger partial charge in [-0.1, -0.05) is 0 Å². The third kappa shape index (κ3) is 1.46. The Kier molecular flexibility index (Phi) is 2.60. The predicted molar refractivity (Wildman–Crippen MR) is 60.4 cm³/mol. The van der Waals surface area contributed by atoms with Crippen LogP contribution in [0.1, 0.15) is 5.56 Å². The van der Waals surface area contributed by atoms with Crippen molar-refractivity contribution in [3.8, 4) is 5.75 Å². The molecule has 0 saturated heterocycles. The topological polar surface area (TPSA) is 46.8 Å². The molecule has 0 atom stereocenters. The maximum Gasteiger partial charge on any atom is 0.141 e. The normalized spacial score (nSPS) is 10.8. The Morgan fingerprint density at radius 3 is 3.07 bits per heavy atom. The number of aliphatic hydroxyl groups is 1. The van der Waals surface area contributed by atoms with Gasteiger partial charge < -0.3 is 9.84 Å². The first-order chi connectivity index (χ1) is 6.76. The van der Waals surface area contributed by atoms with Crippen LogP contribution in [-0.4, -0.2) is 21.6 Å². The van der Waals surface area contributed by atoms with Gasteiger partial charge in [0, 0.05) is 17.8 Å². The molecule has 14 heavy (non-hydrogen) atoms. The molecule has 0 aliphatic heterocycles. The number of hydrogen-bond donors (Lipinski definition) is 1. The van der Waals surface area contributed by atoms with Crippen molar-refractivity contribution >= 4 is 28.2 Å². The van der Waals surface area contributed by atoms with Crippen LogP contribution in [-0.2, 0) is 6.61 Å². The van der Waals surface area contributed by atoms with Gasteiger partial charge in [0.2, 0.25) is 0 Å². The van der Waals surface area contributed by atoms with Crippen molar-refractivity contribution in [1.29, 1.82) is 0 Å². The monoisotopic (exact) mass is 304 g/mol. The molecule has 74 valence electrons. The summed E-state index contributed by atoms with van der Waals surface area (Å²) in [6, 6.07) is 1.81. The molecule has 0 fully saturated rings. The lowest BCUT2D eigenvalue weighted by molar-refractivity contribution is 0.273. The summed E-state index contributed by atoms with van der Waals surface area (Å²) < 4.78 is 8.06. The molecule has 0 amide bonds. The fourth-order valence-corrected chi connectivity index (χ4v) is 1.85. The summed E-state index contributed by atoms with van der Waals surface area (Å²) in [6.07, 6.45) is 3.61. The van der Waals surface area contributed by atoms with Crippen LogP contribution in [0, 0.1) is 3.70 Å². The van der Waals surface area contributed by atoms with Crippen LogP contribution in [0.5, 0.6) is 5.75 Å². The van der Waals surface area contributed by atoms with Crippen LogP contribution in [0.3, 0.4) is 0 Å². The highest BCUT2D eigenvalue weighted by molar-refractivity contribution is 14.1. The van der Waals surface area contributed by atoms with Crippen LogP contribution >= 0.6 is 22.6 Å². The van der Waals surface area contributed by atoms with Crippen LogP contribution in [0.4, 0.5) is 0 Å². The number of halogens is 1. The van der Waals surface area contributed by atoms with E-state index in [1.54, 1.807) is 13.3 Å². The van der Waals surface area contributed by atoms with Gasteiger partial charge in [-0.15, -0.1) is 0 Å². The quantitative estimate of drug-likeness (QED) is 0.854. The van der Waals surface area contributed by atoms with Gasteiger partial charge in [-0.05, 0) is 22.6 Å². The molecule has 0 aromatic carbocycles. The molecule has 2 aromatic rings. The first-order valence-electron chi connectivity index (χ1n) is 4.06. The smallest absolute Gasteiger partial charge is 0.141 e. The van der Waals surface area contributed by atoms with E-state index < -0.39 is 0 Å². The van der Waals surface area contributed by atoms with Crippen molar-refractivity contribution in [1.82, 2.24) is 9.38 Å². The molecule has 0 bridgehead atoms. The van der Waals surface area contributed by atoms with E-state index >= 15 is 0 Å². The minimum absolute atomic E-state index is 0.0344. The number of rotatable bonds is 2. The Bertz CT molecular complexity index is 467. The minimum atomic E-state index is -0.0344. The predicted octanol–water partition coefficient (Wildman–Crippen LogP) is 1.44. The fraction of sp³-hybridized carbons (Fsp3) is 0.222. The minimum Gasteiger partial charge on any atom is -0.496 e. The number of imidazole rings is 1. The van der Waals surface area contributed by atoms with Crippen LogP contribution in [0.2, 0.25) is 0 Å². The van der Waals surface area contributed by atoms with Gasteiger partial charge in [0.25, 0.3) is 0 Å². The van der Waals surface area contributed by atoms with Gasteiger partial charge in [-0.3, -0.25) is 4.40 Å². The Hall–Kier alpha value is -0.820. The number of pyridine rings is 1. The number of fused-ring (bicyclic) bond motifs is 1. The molecule has 2 aromatic heterocycles. The zero-order chi connectivity index (χ0) is 10.1. The molecule has 0 unspecified atom stereocenters. The Morgan fingerprint density at radius 2 is 2.43 bits per heavy atom. The van der Waals surface area contributed by atoms with E-state index in [-0.39, 0.29) is 6.61 Å². The summed E-state index contributed by atoms with van der Waals surface area (Å²) in [6.45, 7) is -0.0344. The molecule has 0 aliphatic rings. The molecule has 2 rings (SSSR count). The van der Waals surface area contributed by atoms with Gasteiger partial charge in [-0.2, -0.15) is 0 Å². The first-order valence-corrected chi connectivity index (χ1v) is 5.14. The third-order valence-electron chi connectivity index (χ3n) is 2.03. The summed E-state index contributed by atoms with van der Waals surface area (Å²) in [4.78, 5) is 4.20. The number of nitrogens with zero attached hydrogens (tertiary/aromatic N) is 2. The number of ether oxygens (including phenoxy) is 1. The van der Waals surface area contributed by atoms with Crippen molar-refractivity contribution in [3.05, 3.63) is 27.7 Å². The summed E-state index contributed by atoms with van der Waals surface area (Å²) in [5.74, 6) is 0.669. The second-order valence-electron chi connectivity index (χ2n) is 2.83. The zero-order valence-electron chi connectivity index (χ0n) is 7.57. The van der Waals surface area contributed by atoms with Crippen molar-refractivity contribution in [3.63, 3.8) is 0 Å². The van der Waals surface area contributed by atoms with Crippen molar-refractivity contribution in [2.45, 2.75) is 6.61 Å². The van der Waals surface area contributed by atoms with E-state index in [1.807, 2.05) is 16.7 Å².